The number of aromatic nitrogens is 2. The molecule has 1 aromatic rings. The van der Waals surface area contributed by atoms with Gasteiger partial charge in [-0.3, -0.25) is 4.79 Å². The van der Waals surface area contributed by atoms with Crippen molar-refractivity contribution in [3.8, 4) is 0 Å². The largest absolute Gasteiger partial charge is 0.481 e. The maximum absolute atomic E-state index is 10.6. The first-order chi connectivity index (χ1) is 8.86. The molecule has 0 bridgehead atoms. The molecule has 2 rings (SSSR count). The van der Waals surface area contributed by atoms with Crippen molar-refractivity contribution < 1.29 is 14.4 Å². The summed E-state index contributed by atoms with van der Waals surface area (Å²) in [5.74, 6) is 1.02. The molecule has 1 aromatic heterocycles. The van der Waals surface area contributed by atoms with Crippen LogP contribution in [0.5, 0.6) is 0 Å². The molecule has 1 aliphatic carbocycles. The van der Waals surface area contributed by atoms with Crippen LogP contribution in [-0.4, -0.2) is 21.2 Å². The van der Waals surface area contributed by atoms with E-state index in [0.717, 1.165) is 18.8 Å². The Kier molecular flexibility index (Phi) is 3.92. The van der Waals surface area contributed by atoms with Crippen molar-refractivity contribution in [3.63, 3.8) is 0 Å². The first-order valence-electron chi connectivity index (χ1n) is 6.90. The lowest BCUT2D eigenvalue weighted by Crippen LogP contribution is -2.25. The van der Waals surface area contributed by atoms with E-state index in [2.05, 4.69) is 30.9 Å². The van der Waals surface area contributed by atoms with Crippen molar-refractivity contribution in [2.24, 2.45) is 11.3 Å². The van der Waals surface area contributed by atoms with Crippen LogP contribution >= 0.6 is 0 Å². The molecule has 19 heavy (non-hydrogen) atoms. The number of hydrogen-bond donors (Lipinski definition) is 1. The number of carbonyl (C=O) groups is 1. The highest BCUT2D eigenvalue weighted by Gasteiger charge is 2.32. The quantitative estimate of drug-likeness (QED) is 0.910. The molecular weight excluding hydrogens is 244 g/mol. The molecule has 0 amide bonds. The Balaban J connectivity index is 1.94. The van der Waals surface area contributed by atoms with E-state index in [4.69, 9.17) is 9.63 Å². The van der Waals surface area contributed by atoms with Crippen LogP contribution in [0.3, 0.4) is 0 Å². The SMILES string of the molecule is CC(C)(C)C1CCC(c2noc(CC(=O)O)n2)CC1. The lowest BCUT2D eigenvalue weighted by atomic mass is 9.70. The van der Waals surface area contributed by atoms with Gasteiger partial charge in [0.1, 0.15) is 6.42 Å². The van der Waals surface area contributed by atoms with Crippen molar-refractivity contribution in [1.29, 1.82) is 0 Å². The van der Waals surface area contributed by atoms with E-state index in [-0.39, 0.29) is 12.3 Å². The van der Waals surface area contributed by atoms with Crippen LogP contribution in [0.1, 0.15) is 64.1 Å². The fraction of sp³-hybridized carbons (Fsp3) is 0.786. The molecule has 1 saturated carbocycles. The maximum atomic E-state index is 10.6. The summed E-state index contributed by atoms with van der Waals surface area (Å²) >= 11 is 0. The number of carboxylic acids is 1. The van der Waals surface area contributed by atoms with Crippen LogP contribution in [0, 0.1) is 11.3 Å². The number of nitrogens with zero attached hydrogens (tertiary/aromatic N) is 2. The zero-order valence-electron chi connectivity index (χ0n) is 11.8. The van der Waals surface area contributed by atoms with E-state index in [1.807, 2.05) is 0 Å². The third-order valence-corrected chi connectivity index (χ3v) is 4.10. The second-order valence-electron chi connectivity index (χ2n) is 6.53. The van der Waals surface area contributed by atoms with Crippen LogP contribution < -0.4 is 0 Å². The second kappa shape index (κ2) is 5.31. The highest BCUT2D eigenvalue weighted by atomic mass is 16.5. The summed E-state index contributed by atoms with van der Waals surface area (Å²) in [5, 5.41) is 12.6. The molecule has 5 heteroatoms. The standard InChI is InChI=1S/C14H22N2O3/c1-14(2,3)10-6-4-9(5-7-10)13-15-11(19-16-13)8-12(17)18/h9-10H,4-8H2,1-3H3,(H,17,18). The number of hydrogen-bond acceptors (Lipinski definition) is 4. The molecular formula is C14H22N2O3. The smallest absolute Gasteiger partial charge is 0.312 e. The van der Waals surface area contributed by atoms with Gasteiger partial charge in [-0.2, -0.15) is 4.98 Å². The summed E-state index contributed by atoms with van der Waals surface area (Å²) < 4.78 is 4.98. The lowest BCUT2D eigenvalue weighted by Gasteiger charge is -2.36. The number of aliphatic carboxylic acids is 1. The zero-order valence-corrected chi connectivity index (χ0v) is 11.8. The molecule has 0 aromatic carbocycles. The van der Waals surface area contributed by atoms with Crippen LogP contribution in [-0.2, 0) is 11.2 Å². The average molecular weight is 266 g/mol. The van der Waals surface area contributed by atoms with Gasteiger partial charge in [0.05, 0.1) is 0 Å². The van der Waals surface area contributed by atoms with E-state index in [9.17, 15) is 4.79 Å². The summed E-state index contributed by atoms with van der Waals surface area (Å²) in [6.07, 6.45) is 4.29. The molecule has 1 fully saturated rings. The van der Waals surface area contributed by atoms with Gasteiger partial charge in [-0.15, -0.1) is 0 Å². The van der Waals surface area contributed by atoms with Gasteiger partial charge < -0.3 is 9.63 Å². The average Bonchev–Trinajstić information content (AvgIpc) is 2.75. The third-order valence-electron chi connectivity index (χ3n) is 4.10. The Morgan fingerprint density at radius 3 is 2.47 bits per heavy atom. The van der Waals surface area contributed by atoms with Crippen LogP contribution in [0.25, 0.3) is 0 Å². The van der Waals surface area contributed by atoms with Crippen molar-refractivity contribution in [1.82, 2.24) is 10.1 Å². The van der Waals surface area contributed by atoms with Gasteiger partial charge >= 0.3 is 5.97 Å². The van der Waals surface area contributed by atoms with Gasteiger partial charge in [-0.1, -0.05) is 25.9 Å². The maximum Gasteiger partial charge on any atom is 0.312 e. The molecule has 1 aliphatic rings. The van der Waals surface area contributed by atoms with Gasteiger partial charge in [0.15, 0.2) is 5.82 Å². The fourth-order valence-electron chi connectivity index (χ4n) is 2.85. The van der Waals surface area contributed by atoms with Crippen molar-refractivity contribution in [3.05, 3.63) is 11.7 Å². The van der Waals surface area contributed by atoms with Crippen LogP contribution in [0.15, 0.2) is 4.52 Å². The molecule has 106 valence electrons. The summed E-state index contributed by atoms with van der Waals surface area (Å²) in [7, 11) is 0. The molecule has 0 saturated heterocycles. The third kappa shape index (κ3) is 3.55. The highest BCUT2D eigenvalue weighted by Crippen LogP contribution is 2.42. The molecule has 1 N–H and O–H groups in total. The van der Waals surface area contributed by atoms with Gasteiger partial charge in [0.2, 0.25) is 5.89 Å². The Hall–Kier alpha value is -1.39. The minimum absolute atomic E-state index is 0.190. The van der Waals surface area contributed by atoms with E-state index >= 15 is 0 Å². The Bertz CT molecular complexity index is 440. The minimum Gasteiger partial charge on any atom is -0.481 e. The van der Waals surface area contributed by atoms with Gasteiger partial charge in [-0.05, 0) is 37.0 Å². The van der Waals surface area contributed by atoms with E-state index in [1.165, 1.54) is 12.8 Å². The summed E-state index contributed by atoms with van der Waals surface area (Å²) in [6.45, 7) is 6.87. The van der Waals surface area contributed by atoms with Crippen molar-refractivity contribution in [2.75, 3.05) is 0 Å². The van der Waals surface area contributed by atoms with Crippen molar-refractivity contribution >= 4 is 5.97 Å². The molecule has 0 atom stereocenters. The molecule has 5 nitrogen and oxygen atoms in total. The molecule has 0 unspecified atom stereocenters. The minimum atomic E-state index is -0.938. The van der Waals surface area contributed by atoms with E-state index < -0.39 is 5.97 Å². The van der Waals surface area contributed by atoms with Crippen LogP contribution in [0.2, 0.25) is 0 Å². The van der Waals surface area contributed by atoms with Gasteiger partial charge in [0.25, 0.3) is 0 Å². The second-order valence-corrected chi connectivity index (χ2v) is 6.53. The molecule has 0 aliphatic heterocycles. The number of rotatable bonds is 3. The van der Waals surface area contributed by atoms with E-state index in [1.54, 1.807) is 0 Å². The van der Waals surface area contributed by atoms with Gasteiger partial charge in [0, 0.05) is 5.92 Å². The summed E-state index contributed by atoms with van der Waals surface area (Å²) in [4.78, 5) is 14.8. The van der Waals surface area contributed by atoms with Gasteiger partial charge in [-0.25, -0.2) is 0 Å². The summed E-state index contributed by atoms with van der Waals surface area (Å²) in [5.41, 5.74) is 0.358. The molecule has 1 heterocycles. The van der Waals surface area contributed by atoms with Crippen LogP contribution in [0.4, 0.5) is 0 Å². The predicted molar refractivity (Wildman–Crippen MR) is 69.8 cm³/mol. The Morgan fingerprint density at radius 1 is 1.32 bits per heavy atom. The molecule has 0 spiro atoms. The zero-order chi connectivity index (χ0) is 14.0. The first-order valence-corrected chi connectivity index (χ1v) is 6.90. The topological polar surface area (TPSA) is 76.2 Å². The number of carboxylic acid groups (broad SMARTS) is 1. The normalized spacial score (nSPS) is 24.4. The monoisotopic (exact) mass is 266 g/mol. The Labute approximate surface area is 113 Å². The molecule has 0 radical (unpaired) electrons. The lowest BCUT2D eigenvalue weighted by molar-refractivity contribution is -0.136. The fourth-order valence-corrected chi connectivity index (χ4v) is 2.85. The predicted octanol–water partition coefficient (Wildman–Crippen LogP) is 3.02. The first kappa shape index (κ1) is 14.0. The Morgan fingerprint density at radius 2 is 1.95 bits per heavy atom. The van der Waals surface area contributed by atoms with Crippen molar-refractivity contribution in [2.45, 2.75) is 58.8 Å². The van der Waals surface area contributed by atoms with E-state index in [0.29, 0.717) is 17.2 Å². The highest BCUT2D eigenvalue weighted by molar-refractivity contribution is 5.68. The summed E-state index contributed by atoms with van der Waals surface area (Å²) in [6, 6.07) is 0.